The van der Waals surface area contributed by atoms with Gasteiger partial charge in [-0.05, 0) is 30.7 Å². The molecule has 0 atom stereocenters. The number of halogens is 1. The van der Waals surface area contributed by atoms with E-state index in [1.165, 1.54) is 24.5 Å². The fraction of sp³-hybridized carbons (Fsp3) is 0.296. The Morgan fingerprint density at radius 1 is 0.972 bits per heavy atom. The molecule has 0 aliphatic carbocycles. The van der Waals surface area contributed by atoms with Crippen LogP contribution in [0, 0.1) is 0 Å². The van der Waals surface area contributed by atoms with E-state index >= 15 is 0 Å². The summed E-state index contributed by atoms with van der Waals surface area (Å²) in [5.41, 5.74) is 2.58. The molecule has 0 aliphatic heterocycles. The van der Waals surface area contributed by atoms with Crippen molar-refractivity contribution in [2.45, 2.75) is 32.6 Å². The fourth-order valence-electron chi connectivity index (χ4n) is 4.48. The molecule has 5 aromatic rings. The van der Waals surface area contributed by atoms with Crippen molar-refractivity contribution in [1.29, 1.82) is 0 Å². The quantitative estimate of drug-likeness (QED) is 0.253. The Balaban J connectivity index is 1.71. The van der Waals surface area contributed by atoms with Crippen LogP contribution in [0.25, 0.3) is 33.9 Å². The summed E-state index contributed by atoms with van der Waals surface area (Å²) in [6, 6.07) is 15.9. The molecule has 2 aromatic carbocycles. The number of benzene rings is 2. The Morgan fingerprint density at radius 3 is 2.50 bits per heavy atom. The van der Waals surface area contributed by atoms with Crippen molar-refractivity contribution in [3.63, 3.8) is 0 Å². The highest BCUT2D eigenvalue weighted by molar-refractivity contribution is 9.10. The predicted octanol–water partition coefficient (Wildman–Crippen LogP) is 5.06. The van der Waals surface area contributed by atoms with Gasteiger partial charge in [-0.1, -0.05) is 60.3 Å². The lowest BCUT2D eigenvalue weighted by atomic mass is 10.1. The summed E-state index contributed by atoms with van der Waals surface area (Å²) in [6.07, 6.45) is 6.45. The van der Waals surface area contributed by atoms with Crippen LogP contribution in [-0.4, -0.2) is 29.7 Å². The number of hydrogen-bond acceptors (Lipinski definition) is 4. The zero-order chi connectivity index (χ0) is 25.4. The highest BCUT2D eigenvalue weighted by atomic mass is 79.9. The third-order valence-electron chi connectivity index (χ3n) is 6.45. The molecular weight excluding hydrogens is 522 g/mol. The second-order valence-corrected chi connectivity index (χ2v) is 9.84. The van der Waals surface area contributed by atoms with Gasteiger partial charge in [0.05, 0.1) is 18.0 Å². The summed E-state index contributed by atoms with van der Waals surface area (Å²) in [6.45, 7) is 2.85. The molecule has 0 saturated heterocycles. The Hall–Kier alpha value is -3.59. The number of fused-ring (bicyclic) bond motifs is 3. The van der Waals surface area contributed by atoms with Crippen LogP contribution >= 0.6 is 15.9 Å². The lowest BCUT2D eigenvalue weighted by Crippen LogP contribution is -2.37. The standard InChI is InChI=1S/C27H28BrN5O3/c1-4-5-6-7-15-36-21-10-8-9-20(16-21)33-22(18-11-13-19(28)14-12-18)17-32-23-24(29-26(32)33)30(2)27(35)31(3)25(23)34/h8-14,16-17H,4-7,15H2,1-3H3. The van der Waals surface area contributed by atoms with Crippen LogP contribution in [0.5, 0.6) is 5.75 Å². The topological polar surface area (TPSA) is 75.5 Å². The van der Waals surface area contributed by atoms with Gasteiger partial charge in [0.1, 0.15) is 5.75 Å². The van der Waals surface area contributed by atoms with E-state index in [0.717, 1.165) is 44.6 Å². The smallest absolute Gasteiger partial charge is 0.332 e. The predicted molar refractivity (Wildman–Crippen MR) is 145 cm³/mol. The van der Waals surface area contributed by atoms with Crippen molar-refractivity contribution in [3.05, 3.63) is 80.0 Å². The number of imidazole rings is 2. The van der Waals surface area contributed by atoms with E-state index in [9.17, 15) is 9.59 Å². The van der Waals surface area contributed by atoms with E-state index < -0.39 is 5.69 Å². The molecule has 36 heavy (non-hydrogen) atoms. The molecule has 3 heterocycles. The van der Waals surface area contributed by atoms with Gasteiger partial charge in [0, 0.05) is 36.4 Å². The summed E-state index contributed by atoms with van der Waals surface area (Å²) in [4.78, 5) is 30.4. The molecule has 5 rings (SSSR count). The van der Waals surface area contributed by atoms with Crippen molar-refractivity contribution in [1.82, 2.24) is 23.1 Å². The Morgan fingerprint density at radius 2 is 1.75 bits per heavy atom. The molecule has 0 aliphatic rings. The third-order valence-corrected chi connectivity index (χ3v) is 6.98. The van der Waals surface area contributed by atoms with Crippen molar-refractivity contribution < 1.29 is 4.74 Å². The minimum Gasteiger partial charge on any atom is -0.494 e. The minimum absolute atomic E-state index is 0.345. The van der Waals surface area contributed by atoms with Gasteiger partial charge in [-0.3, -0.25) is 22.9 Å². The number of hydrogen-bond donors (Lipinski definition) is 0. The summed E-state index contributed by atoms with van der Waals surface area (Å²) in [5.74, 6) is 1.32. The van der Waals surface area contributed by atoms with Gasteiger partial charge in [0.2, 0.25) is 5.78 Å². The molecule has 0 saturated carbocycles. The van der Waals surface area contributed by atoms with Gasteiger partial charge in [-0.2, -0.15) is 4.98 Å². The number of nitrogens with zero attached hydrogens (tertiary/aromatic N) is 5. The fourth-order valence-corrected chi connectivity index (χ4v) is 4.75. The first-order valence-corrected chi connectivity index (χ1v) is 12.9. The molecule has 0 bridgehead atoms. The SMILES string of the molecule is CCCCCCOc1cccc(-n2c(-c3ccc(Br)cc3)cn3c4c(=O)n(C)c(=O)n(C)c4nc23)c1. The van der Waals surface area contributed by atoms with Gasteiger partial charge in [0.15, 0.2) is 11.2 Å². The van der Waals surface area contributed by atoms with Crippen molar-refractivity contribution in [2.24, 2.45) is 14.1 Å². The normalized spacial score (nSPS) is 11.6. The Labute approximate surface area is 216 Å². The van der Waals surface area contributed by atoms with E-state index in [0.29, 0.717) is 23.5 Å². The van der Waals surface area contributed by atoms with Crippen LogP contribution in [0.15, 0.2) is 68.8 Å². The van der Waals surface area contributed by atoms with Gasteiger partial charge in [-0.15, -0.1) is 0 Å². The number of ether oxygens (including phenoxy) is 1. The highest BCUT2D eigenvalue weighted by Crippen LogP contribution is 2.31. The maximum atomic E-state index is 13.1. The molecule has 0 radical (unpaired) electrons. The second kappa shape index (κ2) is 9.81. The first-order valence-electron chi connectivity index (χ1n) is 12.1. The molecule has 0 fully saturated rings. The van der Waals surface area contributed by atoms with Gasteiger partial charge >= 0.3 is 5.69 Å². The van der Waals surface area contributed by atoms with Gasteiger partial charge < -0.3 is 4.74 Å². The molecular formula is C27H28BrN5O3. The molecule has 0 N–H and O–H groups in total. The largest absolute Gasteiger partial charge is 0.494 e. The third kappa shape index (κ3) is 4.17. The molecule has 0 spiro atoms. The second-order valence-electron chi connectivity index (χ2n) is 8.92. The van der Waals surface area contributed by atoms with Crippen molar-refractivity contribution in [3.8, 4) is 22.7 Å². The van der Waals surface area contributed by atoms with E-state index in [1.807, 2.05) is 59.3 Å². The summed E-state index contributed by atoms with van der Waals surface area (Å²) >= 11 is 3.51. The number of aryl methyl sites for hydroxylation is 1. The van der Waals surface area contributed by atoms with Crippen molar-refractivity contribution in [2.75, 3.05) is 6.61 Å². The lowest BCUT2D eigenvalue weighted by molar-refractivity contribution is 0.305. The zero-order valence-electron chi connectivity index (χ0n) is 20.6. The van der Waals surface area contributed by atoms with Crippen LogP contribution < -0.4 is 16.0 Å². The maximum Gasteiger partial charge on any atom is 0.332 e. The van der Waals surface area contributed by atoms with Gasteiger partial charge in [-0.25, -0.2) is 4.79 Å². The molecule has 186 valence electrons. The number of rotatable bonds is 8. The summed E-state index contributed by atoms with van der Waals surface area (Å²) < 4.78 is 13.3. The molecule has 0 amide bonds. The zero-order valence-corrected chi connectivity index (χ0v) is 22.2. The lowest BCUT2D eigenvalue weighted by Gasteiger charge is -2.12. The number of unbranched alkanes of at least 4 members (excludes halogenated alkanes) is 3. The Kier molecular flexibility index (Phi) is 6.57. The molecule has 3 aromatic heterocycles. The minimum atomic E-state index is -0.411. The van der Waals surface area contributed by atoms with Gasteiger partial charge in [0.25, 0.3) is 5.56 Å². The molecule has 8 nitrogen and oxygen atoms in total. The van der Waals surface area contributed by atoms with E-state index in [1.54, 1.807) is 11.4 Å². The summed E-state index contributed by atoms with van der Waals surface area (Å²) in [5, 5.41) is 0. The van der Waals surface area contributed by atoms with Crippen LogP contribution in [0.3, 0.4) is 0 Å². The van der Waals surface area contributed by atoms with E-state index in [-0.39, 0.29) is 5.56 Å². The van der Waals surface area contributed by atoms with Crippen LogP contribution in [-0.2, 0) is 14.1 Å². The number of aromatic nitrogens is 5. The van der Waals surface area contributed by atoms with Crippen molar-refractivity contribution >= 4 is 32.9 Å². The first-order chi connectivity index (χ1) is 17.4. The first kappa shape index (κ1) is 24.1. The van der Waals surface area contributed by atoms with Crippen LogP contribution in [0.1, 0.15) is 32.6 Å². The maximum absolute atomic E-state index is 13.1. The Bertz CT molecular complexity index is 1670. The molecule has 0 unspecified atom stereocenters. The molecule has 9 heteroatoms. The van der Waals surface area contributed by atoms with E-state index in [4.69, 9.17) is 9.72 Å². The van der Waals surface area contributed by atoms with E-state index in [2.05, 4.69) is 22.9 Å². The summed E-state index contributed by atoms with van der Waals surface area (Å²) in [7, 11) is 3.11. The van der Waals surface area contributed by atoms with Crippen LogP contribution in [0.4, 0.5) is 0 Å². The van der Waals surface area contributed by atoms with Crippen LogP contribution in [0.2, 0.25) is 0 Å². The monoisotopic (exact) mass is 549 g/mol. The average Bonchev–Trinajstić information content (AvgIpc) is 3.43. The average molecular weight is 550 g/mol. The highest BCUT2D eigenvalue weighted by Gasteiger charge is 2.22.